The van der Waals surface area contributed by atoms with Crippen molar-refractivity contribution in [1.82, 2.24) is 4.90 Å². The van der Waals surface area contributed by atoms with Crippen LogP contribution in [0.4, 0.5) is 4.79 Å². The molecule has 1 aliphatic heterocycles. The summed E-state index contributed by atoms with van der Waals surface area (Å²) in [6.07, 6.45) is 4.80. The van der Waals surface area contributed by atoms with Gasteiger partial charge in [0.25, 0.3) is 10.1 Å². The Kier molecular flexibility index (Phi) is 4.78. The third kappa shape index (κ3) is 4.84. The van der Waals surface area contributed by atoms with E-state index < -0.39 is 15.7 Å². The first-order valence-electron chi connectivity index (χ1n) is 7.80. The summed E-state index contributed by atoms with van der Waals surface area (Å²) in [5.74, 6) is 0.302. The monoisotopic (exact) mass is 333 g/mol. The molecule has 1 saturated heterocycles. The van der Waals surface area contributed by atoms with Crippen LogP contribution in [0.3, 0.4) is 0 Å². The number of amides is 1. The maximum absolute atomic E-state index is 12.0. The molecule has 22 heavy (non-hydrogen) atoms. The lowest BCUT2D eigenvalue weighted by Crippen LogP contribution is -2.60. The fraction of sp³-hybridized carbons (Fsp3) is 0.933. The predicted molar refractivity (Wildman–Crippen MR) is 83.0 cm³/mol. The van der Waals surface area contributed by atoms with Crippen molar-refractivity contribution in [1.29, 1.82) is 0 Å². The van der Waals surface area contributed by atoms with Crippen molar-refractivity contribution in [3.05, 3.63) is 0 Å². The summed E-state index contributed by atoms with van der Waals surface area (Å²) in [6.45, 7) is 7.39. The molecule has 0 radical (unpaired) electrons. The van der Waals surface area contributed by atoms with Crippen LogP contribution in [0.5, 0.6) is 0 Å². The van der Waals surface area contributed by atoms with E-state index >= 15 is 0 Å². The number of hydrogen-bond donors (Lipinski definition) is 0. The van der Waals surface area contributed by atoms with E-state index in [9.17, 15) is 13.2 Å². The Bertz CT molecular complexity index is 507. The van der Waals surface area contributed by atoms with Gasteiger partial charge in [-0.25, -0.2) is 4.79 Å². The maximum Gasteiger partial charge on any atom is 0.410 e. The normalized spacial score (nSPS) is 22.5. The van der Waals surface area contributed by atoms with Crippen LogP contribution in [0.25, 0.3) is 0 Å². The molecule has 0 bridgehead atoms. The Morgan fingerprint density at radius 1 is 1.23 bits per heavy atom. The average molecular weight is 333 g/mol. The smallest absolute Gasteiger partial charge is 0.410 e. The predicted octanol–water partition coefficient (Wildman–Crippen LogP) is 2.39. The first-order chi connectivity index (χ1) is 9.98. The van der Waals surface area contributed by atoms with Gasteiger partial charge in [-0.15, -0.1) is 0 Å². The summed E-state index contributed by atoms with van der Waals surface area (Å²) >= 11 is 0. The topological polar surface area (TPSA) is 72.9 Å². The Balaban J connectivity index is 1.74. The van der Waals surface area contributed by atoms with E-state index in [1.54, 1.807) is 4.90 Å². The average Bonchev–Trinajstić information content (AvgIpc) is 2.31. The summed E-state index contributed by atoms with van der Waals surface area (Å²) in [5, 5.41) is 0. The van der Waals surface area contributed by atoms with Gasteiger partial charge in [-0.2, -0.15) is 8.42 Å². The van der Waals surface area contributed by atoms with Crippen LogP contribution in [-0.2, 0) is 19.0 Å². The van der Waals surface area contributed by atoms with Crippen molar-refractivity contribution < 1.29 is 22.1 Å². The molecular formula is C15H27NO5S. The zero-order chi connectivity index (χ0) is 16.6. The summed E-state index contributed by atoms with van der Waals surface area (Å²) in [7, 11) is -3.35. The van der Waals surface area contributed by atoms with Gasteiger partial charge in [-0.05, 0) is 52.4 Å². The largest absolute Gasteiger partial charge is 0.444 e. The minimum absolute atomic E-state index is 0.207. The number of carbonyl (C=O) groups is 1. The van der Waals surface area contributed by atoms with Crippen LogP contribution in [0.2, 0.25) is 0 Å². The van der Waals surface area contributed by atoms with Gasteiger partial charge in [0.15, 0.2) is 0 Å². The molecule has 2 rings (SSSR count). The Labute approximate surface area is 133 Å². The van der Waals surface area contributed by atoms with Crippen LogP contribution in [0.1, 0.15) is 46.5 Å². The highest BCUT2D eigenvalue weighted by Gasteiger charge is 2.47. The molecule has 6 nitrogen and oxygen atoms in total. The van der Waals surface area contributed by atoms with E-state index in [2.05, 4.69) is 0 Å². The fourth-order valence-electron chi connectivity index (χ4n) is 3.21. The fourth-order valence-corrected chi connectivity index (χ4v) is 3.65. The molecule has 1 saturated carbocycles. The summed E-state index contributed by atoms with van der Waals surface area (Å²) in [4.78, 5) is 13.7. The SMILES string of the molecule is CC(C)(C)OC(=O)N1CC2(CCC(COS(C)(=O)=O)CC2)C1. The zero-order valence-corrected chi connectivity index (χ0v) is 14.7. The Hall–Kier alpha value is -0.820. The molecule has 1 spiro atoms. The molecule has 2 aliphatic rings. The van der Waals surface area contributed by atoms with Crippen molar-refractivity contribution in [3.8, 4) is 0 Å². The van der Waals surface area contributed by atoms with Gasteiger partial charge in [0.05, 0.1) is 12.9 Å². The molecule has 1 aliphatic carbocycles. The number of rotatable bonds is 3. The van der Waals surface area contributed by atoms with Crippen LogP contribution in [-0.4, -0.2) is 51.0 Å². The minimum atomic E-state index is -3.35. The minimum Gasteiger partial charge on any atom is -0.444 e. The lowest BCUT2D eigenvalue weighted by atomic mass is 9.66. The molecule has 1 heterocycles. The molecule has 1 amide bonds. The number of ether oxygens (including phenoxy) is 1. The number of likely N-dealkylation sites (tertiary alicyclic amines) is 1. The van der Waals surface area contributed by atoms with Gasteiger partial charge in [-0.3, -0.25) is 4.18 Å². The van der Waals surface area contributed by atoms with Crippen molar-refractivity contribution >= 4 is 16.2 Å². The van der Waals surface area contributed by atoms with Gasteiger partial charge < -0.3 is 9.64 Å². The summed E-state index contributed by atoms with van der Waals surface area (Å²) < 4.78 is 32.3. The molecule has 0 atom stereocenters. The molecule has 0 unspecified atom stereocenters. The van der Waals surface area contributed by atoms with Crippen molar-refractivity contribution in [2.24, 2.45) is 11.3 Å². The standard InChI is InChI=1S/C15H27NO5S/c1-14(2,3)21-13(17)16-10-15(11-16)7-5-12(6-8-15)9-20-22(4,18)19/h12H,5-11H2,1-4H3. The summed E-state index contributed by atoms with van der Waals surface area (Å²) in [5.41, 5.74) is -0.251. The molecule has 2 fully saturated rings. The molecule has 0 N–H and O–H groups in total. The quantitative estimate of drug-likeness (QED) is 0.742. The van der Waals surface area contributed by atoms with Gasteiger partial charge in [0, 0.05) is 18.5 Å². The third-order valence-electron chi connectivity index (χ3n) is 4.39. The van der Waals surface area contributed by atoms with E-state index in [1.165, 1.54) is 0 Å². The van der Waals surface area contributed by atoms with Crippen LogP contribution >= 0.6 is 0 Å². The van der Waals surface area contributed by atoms with E-state index in [-0.39, 0.29) is 18.1 Å². The Morgan fingerprint density at radius 3 is 2.23 bits per heavy atom. The van der Waals surface area contributed by atoms with E-state index in [1.807, 2.05) is 20.8 Å². The third-order valence-corrected chi connectivity index (χ3v) is 4.95. The second kappa shape index (κ2) is 6.00. The maximum atomic E-state index is 12.0. The first-order valence-corrected chi connectivity index (χ1v) is 9.62. The van der Waals surface area contributed by atoms with E-state index in [0.717, 1.165) is 45.0 Å². The number of carbonyl (C=O) groups excluding carboxylic acids is 1. The van der Waals surface area contributed by atoms with Crippen LogP contribution in [0, 0.1) is 11.3 Å². The molecule has 7 heteroatoms. The Morgan fingerprint density at radius 2 is 1.77 bits per heavy atom. The van der Waals surface area contributed by atoms with Gasteiger partial charge in [-0.1, -0.05) is 0 Å². The van der Waals surface area contributed by atoms with Crippen molar-refractivity contribution in [3.63, 3.8) is 0 Å². The van der Waals surface area contributed by atoms with E-state index in [0.29, 0.717) is 5.92 Å². The second-order valence-electron chi connectivity index (χ2n) is 7.77. The highest BCUT2D eigenvalue weighted by molar-refractivity contribution is 7.85. The highest BCUT2D eigenvalue weighted by atomic mass is 32.2. The first kappa shape index (κ1) is 17.5. The lowest BCUT2D eigenvalue weighted by Gasteiger charge is -2.53. The highest BCUT2D eigenvalue weighted by Crippen LogP contribution is 2.46. The summed E-state index contributed by atoms with van der Waals surface area (Å²) in [6, 6.07) is 0. The molecule has 128 valence electrons. The number of hydrogen-bond acceptors (Lipinski definition) is 5. The van der Waals surface area contributed by atoms with Gasteiger partial charge in [0.1, 0.15) is 5.60 Å². The van der Waals surface area contributed by atoms with Crippen LogP contribution < -0.4 is 0 Å². The van der Waals surface area contributed by atoms with Crippen molar-refractivity contribution in [2.75, 3.05) is 26.0 Å². The van der Waals surface area contributed by atoms with Gasteiger partial charge in [0.2, 0.25) is 0 Å². The lowest BCUT2D eigenvalue weighted by molar-refractivity contribution is -0.0563. The second-order valence-corrected chi connectivity index (χ2v) is 9.41. The van der Waals surface area contributed by atoms with E-state index in [4.69, 9.17) is 8.92 Å². The van der Waals surface area contributed by atoms with Crippen LogP contribution in [0.15, 0.2) is 0 Å². The molecule has 0 aromatic carbocycles. The van der Waals surface area contributed by atoms with Gasteiger partial charge >= 0.3 is 6.09 Å². The molecule has 0 aromatic rings. The zero-order valence-electron chi connectivity index (χ0n) is 13.9. The number of nitrogens with zero attached hydrogens (tertiary/aromatic N) is 1. The molecular weight excluding hydrogens is 306 g/mol. The van der Waals surface area contributed by atoms with Crippen molar-refractivity contribution in [2.45, 2.75) is 52.1 Å². The molecule has 0 aromatic heterocycles.